The van der Waals surface area contributed by atoms with Gasteiger partial charge in [-0.2, -0.15) is 4.98 Å². The fourth-order valence-electron chi connectivity index (χ4n) is 2.06. The Hall–Kier alpha value is -1.75. The van der Waals surface area contributed by atoms with Crippen molar-refractivity contribution in [3.8, 4) is 11.5 Å². The van der Waals surface area contributed by atoms with Crippen LogP contribution in [0.15, 0.2) is 22.7 Å². The van der Waals surface area contributed by atoms with Crippen LogP contribution in [0.4, 0.5) is 4.39 Å². The number of halogens is 1. The van der Waals surface area contributed by atoms with Crippen LogP contribution >= 0.6 is 0 Å². The van der Waals surface area contributed by atoms with Crippen molar-refractivity contribution in [2.45, 2.75) is 19.3 Å². The maximum absolute atomic E-state index is 13.9. The lowest BCUT2D eigenvalue weighted by Gasteiger charge is -2.00. The standard InChI is InChI=1S/C13H13FN2O2/c1-8-3-2-4-10(11(8)14)13-15-12(16-18-13)9-5-6-17-7-9/h2-4,9H,5-7H2,1H3/t9-/m1/s1. The highest BCUT2D eigenvalue weighted by Crippen LogP contribution is 2.27. The van der Waals surface area contributed by atoms with Crippen LogP contribution in [0.25, 0.3) is 11.5 Å². The van der Waals surface area contributed by atoms with Crippen molar-refractivity contribution in [1.29, 1.82) is 0 Å². The Morgan fingerprint density at radius 1 is 1.39 bits per heavy atom. The fourth-order valence-corrected chi connectivity index (χ4v) is 2.06. The largest absolute Gasteiger partial charge is 0.381 e. The lowest BCUT2D eigenvalue weighted by molar-refractivity contribution is 0.192. The third kappa shape index (κ3) is 1.90. The van der Waals surface area contributed by atoms with Gasteiger partial charge in [-0.3, -0.25) is 0 Å². The van der Waals surface area contributed by atoms with Crippen LogP contribution in [-0.4, -0.2) is 23.4 Å². The van der Waals surface area contributed by atoms with Gasteiger partial charge in [-0.05, 0) is 25.0 Å². The number of hydrogen-bond donors (Lipinski definition) is 0. The van der Waals surface area contributed by atoms with E-state index in [0.717, 1.165) is 6.42 Å². The minimum Gasteiger partial charge on any atom is -0.381 e. The molecule has 3 rings (SSSR count). The quantitative estimate of drug-likeness (QED) is 0.819. The first-order valence-corrected chi connectivity index (χ1v) is 5.92. The Morgan fingerprint density at radius 2 is 2.28 bits per heavy atom. The number of rotatable bonds is 2. The number of benzene rings is 1. The molecule has 0 bridgehead atoms. The van der Waals surface area contributed by atoms with E-state index in [0.29, 0.717) is 30.2 Å². The first-order chi connectivity index (χ1) is 8.75. The Bertz CT molecular complexity index is 562. The summed E-state index contributed by atoms with van der Waals surface area (Å²) in [5.41, 5.74) is 0.920. The minimum atomic E-state index is -0.310. The average Bonchev–Trinajstić information content (AvgIpc) is 3.01. The molecule has 2 heterocycles. The summed E-state index contributed by atoms with van der Waals surface area (Å²) >= 11 is 0. The average molecular weight is 248 g/mol. The molecule has 1 atom stereocenters. The molecule has 0 radical (unpaired) electrons. The summed E-state index contributed by atoms with van der Waals surface area (Å²) in [4.78, 5) is 4.27. The summed E-state index contributed by atoms with van der Waals surface area (Å²) in [7, 11) is 0. The number of nitrogens with zero attached hydrogens (tertiary/aromatic N) is 2. The van der Waals surface area contributed by atoms with E-state index >= 15 is 0 Å². The molecule has 4 nitrogen and oxygen atoms in total. The Kier molecular flexibility index (Phi) is 2.83. The first kappa shape index (κ1) is 11.3. The molecule has 2 aromatic rings. The van der Waals surface area contributed by atoms with E-state index in [1.807, 2.05) is 0 Å². The summed E-state index contributed by atoms with van der Waals surface area (Å²) in [5.74, 6) is 0.687. The molecule has 0 spiro atoms. The molecule has 18 heavy (non-hydrogen) atoms. The van der Waals surface area contributed by atoms with Gasteiger partial charge >= 0.3 is 0 Å². The number of hydrogen-bond acceptors (Lipinski definition) is 4. The highest BCUT2D eigenvalue weighted by Gasteiger charge is 2.24. The van der Waals surface area contributed by atoms with E-state index < -0.39 is 0 Å². The Balaban J connectivity index is 1.95. The predicted molar refractivity (Wildman–Crippen MR) is 62.6 cm³/mol. The molecular formula is C13H13FN2O2. The SMILES string of the molecule is Cc1cccc(-c2nc([C@@H]3CCOC3)no2)c1F. The second-order valence-corrected chi connectivity index (χ2v) is 4.45. The van der Waals surface area contributed by atoms with Gasteiger partial charge in [0.25, 0.3) is 5.89 Å². The molecule has 1 aliphatic rings. The Labute approximate surface area is 104 Å². The van der Waals surface area contributed by atoms with E-state index in [9.17, 15) is 4.39 Å². The third-order valence-corrected chi connectivity index (χ3v) is 3.16. The van der Waals surface area contributed by atoms with E-state index in [4.69, 9.17) is 9.26 Å². The van der Waals surface area contributed by atoms with Gasteiger partial charge in [-0.1, -0.05) is 17.3 Å². The maximum Gasteiger partial charge on any atom is 0.260 e. The van der Waals surface area contributed by atoms with Gasteiger partial charge in [0, 0.05) is 12.5 Å². The molecule has 1 saturated heterocycles. The number of aryl methyl sites for hydroxylation is 1. The van der Waals surface area contributed by atoms with Crippen molar-refractivity contribution in [2.75, 3.05) is 13.2 Å². The number of ether oxygens (including phenoxy) is 1. The van der Waals surface area contributed by atoms with Crippen molar-refractivity contribution in [2.24, 2.45) is 0 Å². The molecule has 1 aromatic heterocycles. The first-order valence-electron chi connectivity index (χ1n) is 5.92. The summed E-state index contributed by atoms with van der Waals surface area (Å²) in [6.45, 7) is 3.03. The fraction of sp³-hybridized carbons (Fsp3) is 0.385. The van der Waals surface area contributed by atoms with Crippen LogP contribution in [0.3, 0.4) is 0 Å². The van der Waals surface area contributed by atoms with Gasteiger partial charge in [0.2, 0.25) is 0 Å². The van der Waals surface area contributed by atoms with Gasteiger partial charge in [-0.15, -0.1) is 0 Å². The van der Waals surface area contributed by atoms with Crippen molar-refractivity contribution >= 4 is 0 Å². The zero-order valence-electron chi connectivity index (χ0n) is 10.0. The summed E-state index contributed by atoms with van der Waals surface area (Å²) < 4.78 is 24.3. The third-order valence-electron chi connectivity index (χ3n) is 3.16. The molecule has 1 fully saturated rings. The molecule has 5 heteroatoms. The topological polar surface area (TPSA) is 48.2 Å². The molecule has 0 amide bonds. The molecule has 1 aromatic carbocycles. The van der Waals surface area contributed by atoms with Crippen molar-refractivity contribution in [1.82, 2.24) is 10.1 Å². The van der Waals surface area contributed by atoms with Crippen LogP contribution in [0.1, 0.15) is 23.7 Å². The molecule has 94 valence electrons. The van der Waals surface area contributed by atoms with Gasteiger partial charge in [0.05, 0.1) is 12.2 Å². The van der Waals surface area contributed by atoms with Crippen LogP contribution in [0.2, 0.25) is 0 Å². The van der Waals surface area contributed by atoms with E-state index in [1.54, 1.807) is 25.1 Å². The second kappa shape index (κ2) is 4.49. The van der Waals surface area contributed by atoms with Crippen LogP contribution in [0.5, 0.6) is 0 Å². The zero-order chi connectivity index (χ0) is 12.5. The van der Waals surface area contributed by atoms with E-state index in [1.165, 1.54) is 0 Å². The van der Waals surface area contributed by atoms with Gasteiger partial charge in [0.1, 0.15) is 5.82 Å². The van der Waals surface area contributed by atoms with Gasteiger partial charge in [0.15, 0.2) is 5.82 Å². The van der Waals surface area contributed by atoms with Crippen LogP contribution in [-0.2, 0) is 4.74 Å². The highest BCUT2D eigenvalue weighted by atomic mass is 19.1. The minimum absolute atomic E-state index is 0.162. The molecule has 0 unspecified atom stereocenters. The zero-order valence-corrected chi connectivity index (χ0v) is 10.0. The Morgan fingerprint density at radius 3 is 3.06 bits per heavy atom. The molecule has 0 N–H and O–H groups in total. The van der Waals surface area contributed by atoms with Crippen molar-refractivity contribution in [3.63, 3.8) is 0 Å². The summed E-state index contributed by atoms with van der Waals surface area (Å²) in [6, 6.07) is 5.13. The maximum atomic E-state index is 13.9. The second-order valence-electron chi connectivity index (χ2n) is 4.45. The smallest absolute Gasteiger partial charge is 0.260 e. The molecular weight excluding hydrogens is 235 g/mol. The predicted octanol–water partition coefficient (Wildman–Crippen LogP) is 2.69. The number of aromatic nitrogens is 2. The van der Waals surface area contributed by atoms with E-state index in [-0.39, 0.29) is 17.6 Å². The summed E-state index contributed by atoms with van der Waals surface area (Å²) in [5, 5.41) is 3.91. The lowest BCUT2D eigenvalue weighted by atomic mass is 10.1. The highest BCUT2D eigenvalue weighted by molar-refractivity contribution is 5.55. The lowest BCUT2D eigenvalue weighted by Crippen LogP contribution is -1.99. The van der Waals surface area contributed by atoms with E-state index in [2.05, 4.69) is 10.1 Å². The van der Waals surface area contributed by atoms with Gasteiger partial charge < -0.3 is 9.26 Å². The molecule has 1 aliphatic heterocycles. The molecule has 0 aliphatic carbocycles. The van der Waals surface area contributed by atoms with Crippen LogP contribution in [0, 0.1) is 12.7 Å². The monoisotopic (exact) mass is 248 g/mol. The van der Waals surface area contributed by atoms with Crippen molar-refractivity contribution < 1.29 is 13.7 Å². The van der Waals surface area contributed by atoms with Crippen LogP contribution < -0.4 is 0 Å². The summed E-state index contributed by atoms with van der Waals surface area (Å²) in [6.07, 6.45) is 0.884. The van der Waals surface area contributed by atoms with Gasteiger partial charge in [-0.25, -0.2) is 4.39 Å². The normalized spacial score (nSPS) is 19.3. The molecule has 0 saturated carbocycles. The van der Waals surface area contributed by atoms with Crippen molar-refractivity contribution in [3.05, 3.63) is 35.4 Å².